The molecule has 34 heavy (non-hydrogen) atoms. The summed E-state index contributed by atoms with van der Waals surface area (Å²) in [5.74, 6) is 0.402. The predicted octanol–water partition coefficient (Wildman–Crippen LogP) is 4.51. The molecule has 0 atom stereocenters. The van der Waals surface area contributed by atoms with Gasteiger partial charge in [0, 0.05) is 18.4 Å². The first kappa shape index (κ1) is 21.4. The van der Waals surface area contributed by atoms with Gasteiger partial charge in [-0.1, -0.05) is 42.5 Å². The first-order valence-corrected chi connectivity index (χ1v) is 11.1. The zero-order valence-corrected chi connectivity index (χ0v) is 18.9. The molecule has 2 aromatic heterocycles. The molecule has 2 amide bonds. The second-order valence-corrected chi connectivity index (χ2v) is 8.17. The lowest BCUT2D eigenvalue weighted by atomic mass is 9.95. The highest BCUT2D eigenvalue weighted by atomic mass is 16.2. The summed E-state index contributed by atoms with van der Waals surface area (Å²) in [6.45, 7) is 4.47. The molecule has 5 aromatic rings. The monoisotopic (exact) mass is 452 g/mol. The molecule has 0 bridgehead atoms. The largest absolute Gasteiger partial charge is 0.338 e. The van der Waals surface area contributed by atoms with Crippen molar-refractivity contribution in [1.29, 1.82) is 0 Å². The Bertz CT molecular complexity index is 1580. The van der Waals surface area contributed by atoms with Crippen LogP contribution < -0.4 is 16.2 Å². The van der Waals surface area contributed by atoms with Crippen molar-refractivity contribution in [3.05, 3.63) is 87.8 Å². The summed E-state index contributed by atoms with van der Waals surface area (Å²) in [7, 11) is 0. The van der Waals surface area contributed by atoms with E-state index < -0.39 is 0 Å². The van der Waals surface area contributed by atoms with Crippen LogP contribution in [-0.4, -0.2) is 32.7 Å². The van der Waals surface area contributed by atoms with Crippen LogP contribution in [0.1, 0.15) is 23.7 Å². The van der Waals surface area contributed by atoms with Crippen LogP contribution in [0.15, 0.2) is 65.5 Å². The van der Waals surface area contributed by atoms with Crippen molar-refractivity contribution in [1.82, 2.24) is 25.5 Å². The number of imidazole rings is 1. The number of urea groups is 1. The molecule has 0 saturated carbocycles. The molecule has 0 fully saturated rings. The summed E-state index contributed by atoms with van der Waals surface area (Å²) in [5.41, 5.74) is 6.60. The van der Waals surface area contributed by atoms with Gasteiger partial charge in [0.15, 0.2) is 0 Å². The normalized spacial score (nSPS) is 11.1. The number of carbonyl (C=O) groups excluding carboxylic acids is 1. The van der Waals surface area contributed by atoms with Gasteiger partial charge in [-0.05, 0) is 54.3 Å². The van der Waals surface area contributed by atoms with Crippen molar-refractivity contribution < 1.29 is 4.79 Å². The molecule has 0 spiro atoms. The number of H-pyrrole nitrogens is 2. The molecule has 8 nitrogen and oxygen atoms in total. The third kappa shape index (κ3) is 4.13. The van der Waals surface area contributed by atoms with Crippen LogP contribution in [0.25, 0.3) is 32.9 Å². The van der Waals surface area contributed by atoms with Gasteiger partial charge in [0.1, 0.15) is 0 Å². The predicted molar refractivity (Wildman–Crippen MR) is 134 cm³/mol. The van der Waals surface area contributed by atoms with Crippen molar-refractivity contribution >= 4 is 33.8 Å². The molecule has 170 valence electrons. The van der Waals surface area contributed by atoms with E-state index in [0.717, 1.165) is 44.4 Å². The van der Waals surface area contributed by atoms with Crippen molar-refractivity contribution in [2.24, 2.45) is 0 Å². The SMILES string of the molecule is CCNC(=O)Nc1nc2cc(-c3cc(Cc4n[nH]c(=O)c5ccccc45)ccc3C)ccc2[nH]1. The van der Waals surface area contributed by atoms with Crippen LogP contribution in [0.2, 0.25) is 0 Å². The van der Waals surface area contributed by atoms with E-state index in [2.05, 4.69) is 55.9 Å². The third-order valence-corrected chi connectivity index (χ3v) is 5.81. The van der Waals surface area contributed by atoms with Gasteiger partial charge in [0.25, 0.3) is 5.56 Å². The van der Waals surface area contributed by atoms with Gasteiger partial charge >= 0.3 is 6.03 Å². The van der Waals surface area contributed by atoms with E-state index in [-0.39, 0.29) is 11.6 Å². The van der Waals surface area contributed by atoms with Gasteiger partial charge in [-0.3, -0.25) is 10.1 Å². The van der Waals surface area contributed by atoms with Gasteiger partial charge < -0.3 is 10.3 Å². The lowest BCUT2D eigenvalue weighted by molar-refractivity contribution is 0.252. The summed E-state index contributed by atoms with van der Waals surface area (Å²) in [4.78, 5) is 31.6. The summed E-state index contributed by atoms with van der Waals surface area (Å²) < 4.78 is 0. The van der Waals surface area contributed by atoms with Crippen LogP contribution in [-0.2, 0) is 6.42 Å². The standard InChI is InChI=1S/C26H24N6O2/c1-3-27-26(34)30-25-28-21-11-10-17(14-23(21)29-25)20-12-16(9-8-15(20)2)13-22-18-6-4-5-7-19(18)24(33)32-31-22/h4-12,14H,3,13H2,1-2H3,(H,32,33)(H3,27,28,29,30,34). The first-order valence-electron chi connectivity index (χ1n) is 11.1. The van der Waals surface area contributed by atoms with Crippen LogP contribution in [0.5, 0.6) is 0 Å². The minimum absolute atomic E-state index is 0.183. The Morgan fingerprint density at radius 3 is 2.68 bits per heavy atom. The Morgan fingerprint density at radius 1 is 1.03 bits per heavy atom. The Balaban J connectivity index is 1.48. The number of nitrogens with one attached hydrogen (secondary N) is 4. The van der Waals surface area contributed by atoms with Crippen LogP contribution in [0.4, 0.5) is 10.7 Å². The molecule has 0 radical (unpaired) electrons. The molecule has 8 heteroatoms. The van der Waals surface area contributed by atoms with Crippen molar-refractivity contribution in [2.45, 2.75) is 20.3 Å². The van der Waals surface area contributed by atoms with Gasteiger partial charge in [0.05, 0.1) is 22.1 Å². The Labute approximate surface area is 195 Å². The average molecular weight is 453 g/mol. The van der Waals surface area contributed by atoms with E-state index in [1.165, 1.54) is 0 Å². The molecule has 0 aliphatic carbocycles. The van der Waals surface area contributed by atoms with E-state index in [4.69, 9.17) is 0 Å². The molecule has 0 aliphatic rings. The second kappa shape index (κ2) is 8.82. The maximum atomic E-state index is 12.1. The summed E-state index contributed by atoms with van der Waals surface area (Å²) in [6.07, 6.45) is 0.593. The van der Waals surface area contributed by atoms with Gasteiger partial charge in [0.2, 0.25) is 5.95 Å². The van der Waals surface area contributed by atoms with E-state index >= 15 is 0 Å². The van der Waals surface area contributed by atoms with Crippen molar-refractivity contribution in [3.63, 3.8) is 0 Å². The van der Waals surface area contributed by atoms with Crippen molar-refractivity contribution in [3.8, 4) is 11.1 Å². The lowest BCUT2D eigenvalue weighted by Gasteiger charge is -2.10. The molecule has 3 aromatic carbocycles. The van der Waals surface area contributed by atoms with E-state index in [0.29, 0.717) is 24.3 Å². The third-order valence-electron chi connectivity index (χ3n) is 5.81. The van der Waals surface area contributed by atoms with Crippen molar-refractivity contribution in [2.75, 3.05) is 11.9 Å². The minimum atomic E-state index is -0.297. The quantitative estimate of drug-likeness (QED) is 0.314. The fourth-order valence-electron chi connectivity index (χ4n) is 4.13. The molecule has 0 saturated heterocycles. The summed E-state index contributed by atoms with van der Waals surface area (Å²) in [5, 5.41) is 13.8. The minimum Gasteiger partial charge on any atom is -0.338 e. The number of anilines is 1. The number of fused-ring (bicyclic) bond motifs is 2. The molecular weight excluding hydrogens is 428 g/mol. The van der Waals surface area contributed by atoms with Gasteiger partial charge in [-0.15, -0.1) is 0 Å². The highest BCUT2D eigenvalue weighted by Crippen LogP contribution is 2.29. The highest BCUT2D eigenvalue weighted by molar-refractivity contribution is 5.91. The number of hydrogen-bond acceptors (Lipinski definition) is 4. The number of aromatic amines is 2. The first-order chi connectivity index (χ1) is 16.5. The second-order valence-electron chi connectivity index (χ2n) is 8.17. The van der Waals surface area contributed by atoms with Crippen LogP contribution in [0.3, 0.4) is 0 Å². The number of benzene rings is 3. The number of rotatable bonds is 5. The molecule has 0 unspecified atom stereocenters. The lowest BCUT2D eigenvalue weighted by Crippen LogP contribution is -2.28. The number of aryl methyl sites for hydroxylation is 1. The highest BCUT2D eigenvalue weighted by Gasteiger charge is 2.11. The summed E-state index contributed by atoms with van der Waals surface area (Å²) >= 11 is 0. The molecule has 4 N–H and O–H groups in total. The van der Waals surface area contributed by atoms with Gasteiger partial charge in [-0.25, -0.2) is 14.9 Å². The topological polar surface area (TPSA) is 116 Å². The van der Waals surface area contributed by atoms with Crippen LogP contribution in [0, 0.1) is 6.92 Å². The van der Waals surface area contributed by atoms with E-state index in [1.807, 2.05) is 49.4 Å². The maximum Gasteiger partial charge on any atom is 0.321 e. The number of aromatic nitrogens is 4. The Hall–Kier alpha value is -4.46. The van der Waals surface area contributed by atoms with E-state index in [9.17, 15) is 9.59 Å². The maximum absolute atomic E-state index is 12.1. The Morgan fingerprint density at radius 2 is 1.85 bits per heavy atom. The Kier molecular flexibility index (Phi) is 5.55. The average Bonchev–Trinajstić information content (AvgIpc) is 3.23. The molecular formula is C26H24N6O2. The smallest absolute Gasteiger partial charge is 0.321 e. The molecule has 0 aliphatic heterocycles. The number of carbonyl (C=O) groups is 1. The fourth-order valence-corrected chi connectivity index (χ4v) is 4.13. The number of hydrogen-bond donors (Lipinski definition) is 4. The fraction of sp³-hybridized carbons (Fsp3) is 0.154. The zero-order valence-electron chi connectivity index (χ0n) is 18.9. The zero-order chi connectivity index (χ0) is 23.7. The molecule has 2 heterocycles. The number of amides is 2. The number of nitrogens with zero attached hydrogens (tertiary/aromatic N) is 2. The van der Waals surface area contributed by atoms with E-state index in [1.54, 1.807) is 0 Å². The van der Waals surface area contributed by atoms with Gasteiger partial charge in [-0.2, -0.15) is 5.10 Å². The van der Waals surface area contributed by atoms with Crippen LogP contribution >= 0.6 is 0 Å². The molecule has 5 rings (SSSR count). The summed E-state index contributed by atoms with van der Waals surface area (Å²) in [6, 6.07) is 19.6.